The van der Waals surface area contributed by atoms with Crippen LogP contribution in [-0.4, -0.2) is 19.0 Å². The maximum absolute atomic E-state index is 13.0. The molecule has 0 heterocycles. The van der Waals surface area contributed by atoms with Crippen LogP contribution in [0.3, 0.4) is 0 Å². The van der Waals surface area contributed by atoms with Crippen molar-refractivity contribution in [1.82, 2.24) is 10.6 Å². The van der Waals surface area contributed by atoms with Crippen LogP contribution in [0.5, 0.6) is 0 Å². The SMILES string of the molecule is CCCNC(=NCc1cccc(F)c1)NCC. The zero-order chi connectivity index (χ0) is 12.5. The van der Waals surface area contributed by atoms with E-state index in [1.54, 1.807) is 6.07 Å². The fraction of sp³-hybridized carbons (Fsp3) is 0.462. The Labute approximate surface area is 102 Å². The van der Waals surface area contributed by atoms with Crippen molar-refractivity contribution in [2.24, 2.45) is 4.99 Å². The molecule has 0 atom stereocenters. The number of rotatable bonds is 5. The zero-order valence-corrected chi connectivity index (χ0v) is 10.5. The van der Waals surface area contributed by atoms with Crippen molar-refractivity contribution in [2.75, 3.05) is 13.1 Å². The lowest BCUT2D eigenvalue weighted by molar-refractivity contribution is 0.625. The Bertz CT molecular complexity index is 363. The van der Waals surface area contributed by atoms with Gasteiger partial charge in [0.1, 0.15) is 5.82 Å². The molecular weight excluding hydrogens is 217 g/mol. The molecule has 0 unspecified atom stereocenters. The van der Waals surface area contributed by atoms with E-state index < -0.39 is 0 Å². The molecule has 1 rings (SSSR count). The molecule has 0 amide bonds. The van der Waals surface area contributed by atoms with Crippen LogP contribution in [0.1, 0.15) is 25.8 Å². The van der Waals surface area contributed by atoms with Crippen molar-refractivity contribution in [3.63, 3.8) is 0 Å². The number of guanidine groups is 1. The summed E-state index contributed by atoms with van der Waals surface area (Å²) >= 11 is 0. The Kier molecular flexibility index (Phi) is 6.07. The Morgan fingerprint density at radius 1 is 1.29 bits per heavy atom. The number of halogens is 1. The smallest absolute Gasteiger partial charge is 0.191 e. The molecule has 0 aliphatic heterocycles. The second-order valence-electron chi connectivity index (χ2n) is 3.75. The van der Waals surface area contributed by atoms with Crippen molar-refractivity contribution in [2.45, 2.75) is 26.8 Å². The van der Waals surface area contributed by atoms with E-state index in [4.69, 9.17) is 0 Å². The number of benzene rings is 1. The third-order valence-corrected chi connectivity index (χ3v) is 2.20. The highest BCUT2D eigenvalue weighted by molar-refractivity contribution is 5.79. The first-order chi connectivity index (χ1) is 8.26. The minimum absolute atomic E-state index is 0.218. The van der Waals surface area contributed by atoms with Gasteiger partial charge in [-0.1, -0.05) is 19.1 Å². The summed E-state index contributed by atoms with van der Waals surface area (Å²) < 4.78 is 13.0. The van der Waals surface area contributed by atoms with Gasteiger partial charge < -0.3 is 10.6 Å². The highest BCUT2D eigenvalue weighted by Gasteiger charge is 1.97. The van der Waals surface area contributed by atoms with Gasteiger partial charge in [-0.15, -0.1) is 0 Å². The lowest BCUT2D eigenvalue weighted by atomic mass is 10.2. The standard InChI is InChI=1S/C13H20FN3/c1-3-8-16-13(15-4-2)17-10-11-6-5-7-12(14)9-11/h5-7,9H,3-4,8,10H2,1-2H3,(H2,15,16,17). The molecule has 4 heteroatoms. The molecule has 0 bridgehead atoms. The van der Waals surface area contributed by atoms with E-state index in [1.165, 1.54) is 12.1 Å². The number of hydrogen-bond donors (Lipinski definition) is 2. The maximum Gasteiger partial charge on any atom is 0.191 e. The monoisotopic (exact) mass is 237 g/mol. The van der Waals surface area contributed by atoms with E-state index in [-0.39, 0.29) is 5.82 Å². The summed E-state index contributed by atoms with van der Waals surface area (Å²) in [6.45, 7) is 6.30. The van der Waals surface area contributed by atoms with E-state index in [1.807, 2.05) is 13.0 Å². The topological polar surface area (TPSA) is 36.4 Å². The van der Waals surface area contributed by atoms with Crippen LogP contribution in [0, 0.1) is 5.82 Å². The molecule has 0 aliphatic carbocycles. The Morgan fingerprint density at radius 3 is 2.76 bits per heavy atom. The van der Waals surface area contributed by atoms with Crippen LogP contribution in [0.4, 0.5) is 4.39 Å². The van der Waals surface area contributed by atoms with Gasteiger partial charge >= 0.3 is 0 Å². The third kappa shape index (κ3) is 5.33. The molecule has 2 N–H and O–H groups in total. The van der Waals surface area contributed by atoms with Crippen LogP contribution >= 0.6 is 0 Å². The molecule has 1 aromatic carbocycles. The molecule has 0 saturated carbocycles. The van der Waals surface area contributed by atoms with Crippen molar-refractivity contribution in [3.8, 4) is 0 Å². The molecule has 0 aliphatic rings. The predicted molar refractivity (Wildman–Crippen MR) is 69.5 cm³/mol. The average molecular weight is 237 g/mol. The van der Waals surface area contributed by atoms with Crippen LogP contribution in [0.25, 0.3) is 0 Å². The molecular formula is C13H20FN3. The molecule has 0 radical (unpaired) electrons. The van der Waals surface area contributed by atoms with Gasteiger partial charge in [-0.2, -0.15) is 0 Å². The molecule has 0 fully saturated rings. The van der Waals surface area contributed by atoms with E-state index in [0.29, 0.717) is 6.54 Å². The van der Waals surface area contributed by atoms with Crippen LogP contribution in [0.2, 0.25) is 0 Å². The molecule has 1 aromatic rings. The lowest BCUT2D eigenvalue weighted by Crippen LogP contribution is -2.37. The quantitative estimate of drug-likeness (QED) is 0.609. The van der Waals surface area contributed by atoms with Gasteiger partial charge in [0.25, 0.3) is 0 Å². The minimum atomic E-state index is -0.218. The summed E-state index contributed by atoms with van der Waals surface area (Å²) in [6.07, 6.45) is 1.05. The van der Waals surface area contributed by atoms with Crippen LogP contribution < -0.4 is 10.6 Å². The highest BCUT2D eigenvalue weighted by atomic mass is 19.1. The van der Waals surface area contributed by atoms with Crippen molar-refractivity contribution in [3.05, 3.63) is 35.6 Å². The van der Waals surface area contributed by atoms with Gasteiger partial charge in [0.2, 0.25) is 0 Å². The van der Waals surface area contributed by atoms with Crippen molar-refractivity contribution in [1.29, 1.82) is 0 Å². The molecule has 17 heavy (non-hydrogen) atoms. The fourth-order valence-corrected chi connectivity index (χ4v) is 1.39. The maximum atomic E-state index is 13.0. The summed E-state index contributed by atoms with van der Waals surface area (Å²) in [4.78, 5) is 4.39. The number of hydrogen-bond acceptors (Lipinski definition) is 1. The molecule has 3 nitrogen and oxygen atoms in total. The highest BCUT2D eigenvalue weighted by Crippen LogP contribution is 2.04. The van der Waals surface area contributed by atoms with Crippen molar-refractivity contribution < 1.29 is 4.39 Å². The number of nitrogens with zero attached hydrogens (tertiary/aromatic N) is 1. The average Bonchev–Trinajstić information content (AvgIpc) is 2.33. The predicted octanol–water partition coefficient (Wildman–Crippen LogP) is 2.29. The summed E-state index contributed by atoms with van der Waals surface area (Å²) in [5.74, 6) is 0.558. The largest absolute Gasteiger partial charge is 0.357 e. The molecule has 0 aromatic heterocycles. The molecule has 0 saturated heterocycles. The number of aliphatic imine (C=N–C) groups is 1. The molecule has 94 valence electrons. The van der Waals surface area contributed by atoms with Crippen LogP contribution in [-0.2, 0) is 6.54 Å². The van der Waals surface area contributed by atoms with E-state index in [9.17, 15) is 4.39 Å². The first-order valence-electron chi connectivity index (χ1n) is 6.03. The second kappa shape index (κ2) is 7.65. The summed E-state index contributed by atoms with van der Waals surface area (Å²) in [6, 6.07) is 6.52. The van der Waals surface area contributed by atoms with Gasteiger partial charge in [0.05, 0.1) is 6.54 Å². The third-order valence-electron chi connectivity index (χ3n) is 2.20. The van der Waals surface area contributed by atoms with E-state index in [2.05, 4.69) is 22.5 Å². The first-order valence-corrected chi connectivity index (χ1v) is 6.03. The van der Waals surface area contributed by atoms with Gasteiger partial charge in [-0.05, 0) is 31.0 Å². The zero-order valence-electron chi connectivity index (χ0n) is 10.5. The Balaban J connectivity index is 2.58. The summed E-state index contributed by atoms with van der Waals surface area (Å²) in [7, 11) is 0. The van der Waals surface area contributed by atoms with E-state index in [0.717, 1.165) is 31.0 Å². The fourth-order valence-electron chi connectivity index (χ4n) is 1.39. The normalized spacial score (nSPS) is 11.4. The van der Waals surface area contributed by atoms with Crippen molar-refractivity contribution >= 4 is 5.96 Å². The first kappa shape index (κ1) is 13.5. The summed E-state index contributed by atoms with van der Waals surface area (Å²) in [5.41, 5.74) is 0.874. The Morgan fingerprint density at radius 2 is 2.12 bits per heavy atom. The lowest BCUT2D eigenvalue weighted by Gasteiger charge is -2.10. The Hall–Kier alpha value is -1.58. The van der Waals surface area contributed by atoms with Crippen LogP contribution in [0.15, 0.2) is 29.3 Å². The second-order valence-corrected chi connectivity index (χ2v) is 3.75. The number of nitrogens with one attached hydrogen (secondary N) is 2. The van der Waals surface area contributed by atoms with Gasteiger partial charge in [0.15, 0.2) is 5.96 Å². The molecule has 0 spiro atoms. The van der Waals surface area contributed by atoms with E-state index >= 15 is 0 Å². The van der Waals surface area contributed by atoms with Gasteiger partial charge in [-0.3, -0.25) is 0 Å². The minimum Gasteiger partial charge on any atom is -0.357 e. The van der Waals surface area contributed by atoms with Gasteiger partial charge in [0, 0.05) is 13.1 Å². The summed E-state index contributed by atoms with van der Waals surface area (Å²) in [5, 5.41) is 6.35. The van der Waals surface area contributed by atoms with Gasteiger partial charge in [-0.25, -0.2) is 9.38 Å².